The molecule has 0 N–H and O–H groups in total. The van der Waals surface area contributed by atoms with Gasteiger partial charge in [-0.3, -0.25) is 0 Å². The van der Waals surface area contributed by atoms with Gasteiger partial charge in [0, 0.05) is 0 Å². The van der Waals surface area contributed by atoms with E-state index in [1.54, 1.807) is 7.11 Å². The summed E-state index contributed by atoms with van der Waals surface area (Å²) in [6.45, 7) is 2.06. The first kappa shape index (κ1) is 9.33. The van der Waals surface area contributed by atoms with Crippen LogP contribution >= 0.6 is 15.9 Å². The van der Waals surface area contributed by atoms with Crippen LogP contribution in [0, 0.1) is 6.92 Å². The second-order valence-electron chi connectivity index (χ2n) is 2.52. The lowest BCUT2D eigenvalue weighted by Gasteiger charge is -2.03. The summed E-state index contributed by atoms with van der Waals surface area (Å²) in [5.41, 5.74) is 2.41. The van der Waals surface area contributed by atoms with Gasteiger partial charge in [-0.25, -0.2) is 0 Å². The zero-order valence-corrected chi connectivity index (χ0v) is 8.76. The van der Waals surface area contributed by atoms with Gasteiger partial charge in [0.2, 0.25) is 0 Å². The SMILES string of the molecule is COc1ccc(/C=C/Br)c(C)c1. The first-order valence-electron chi connectivity index (χ1n) is 3.69. The van der Waals surface area contributed by atoms with Crippen molar-refractivity contribution in [1.82, 2.24) is 0 Å². The second-order valence-corrected chi connectivity index (χ2v) is 3.04. The number of hydrogen-bond acceptors (Lipinski definition) is 1. The second kappa shape index (κ2) is 4.31. The molecule has 1 aromatic rings. The lowest BCUT2D eigenvalue weighted by molar-refractivity contribution is 0.414. The predicted octanol–water partition coefficient (Wildman–Crippen LogP) is 3.37. The fourth-order valence-electron chi connectivity index (χ4n) is 1.03. The van der Waals surface area contributed by atoms with Crippen molar-refractivity contribution in [2.45, 2.75) is 6.92 Å². The Balaban J connectivity index is 3.03. The minimum atomic E-state index is 0.902. The van der Waals surface area contributed by atoms with Gasteiger partial charge in [0.15, 0.2) is 0 Å². The van der Waals surface area contributed by atoms with Crippen molar-refractivity contribution in [1.29, 1.82) is 0 Å². The maximum atomic E-state index is 5.09. The van der Waals surface area contributed by atoms with Crippen molar-refractivity contribution in [3.8, 4) is 5.75 Å². The van der Waals surface area contributed by atoms with Crippen LogP contribution < -0.4 is 4.74 Å². The molecule has 0 saturated carbocycles. The van der Waals surface area contributed by atoms with Crippen LogP contribution in [0.4, 0.5) is 0 Å². The van der Waals surface area contributed by atoms with Crippen molar-refractivity contribution >= 4 is 22.0 Å². The van der Waals surface area contributed by atoms with E-state index in [9.17, 15) is 0 Å². The Kier molecular flexibility index (Phi) is 3.35. The van der Waals surface area contributed by atoms with E-state index in [4.69, 9.17) is 4.74 Å². The van der Waals surface area contributed by atoms with Crippen molar-refractivity contribution in [3.63, 3.8) is 0 Å². The highest BCUT2D eigenvalue weighted by molar-refractivity contribution is 9.11. The molecule has 1 aromatic carbocycles. The Morgan fingerprint density at radius 2 is 2.17 bits per heavy atom. The number of halogens is 1. The van der Waals surface area contributed by atoms with Gasteiger partial charge in [-0.1, -0.05) is 22.0 Å². The van der Waals surface area contributed by atoms with E-state index >= 15 is 0 Å². The maximum Gasteiger partial charge on any atom is 0.119 e. The average molecular weight is 227 g/mol. The van der Waals surface area contributed by atoms with Gasteiger partial charge >= 0.3 is 0 Å². The molecule has 1 rings (SSSR count). The molecule has 0 aliphatic heterocycles. The third kappa shape index (κ3) is 2.11. The Morgan fingerprint density at radius 1 is 1.42 bits per heavy atom. The van der Waals surface area contributed by atoms with E-state index in [1.165, 1.54) is 11.1 Å². The monoisotopic (exact) mass is 226 g/mol. The predicted molar refractivity (Wildman–Crippen MR) is 55.7 cm³/mol. The summed E-state index contributed by atoms with van der Waals surface area (Å²) in [6.07, 6.45) is 2.01. The highest BCUT2D eigenvalue weighted by Gasteiger charge is 1.95. The molecular weight excluding hydrogens is 216 g/mol. The first-order chi connectivity index (χ1) is 5.77. The summed E-state index contributed by atoms with van der Waals surface area (Å²) in [6, 6.07) is 6.00. The molecule has 1 nitrogen and oxygen atoms in total. The van der Waals surface area contributed by atoms with Crippen LogP contribution in [0.15, 0.2) is 23.2 Å². The minimum Gasteiger partial charge on any atom is -0.497 e. The molecule has 0 spiro atoms. The standard InChI is InChI=1S/C10H11BrO/c1-8-7-10(12-2)4-3-9(8)5-6-11/h3-7H,1-2H3/b6-5+. The lowest BCUT2D eigenvalue weighted by atomic mass is 10.1. The normalized spacial score (nSPS) is 10.6. The van der Waals surface area contributed by atoms with Gasteiger partial charge in [-0.15, -0.1) is 0 Å². The Bertz CT molecular complexity index is 292. The Hall–Kier alpha value is -0.760. The van der Waals surface area contributed by atoms with Crippen LogP contribution in [0.1, 0.15) is 11.1 Å². The van der Waals surface area contributed by atoms with Gasteiger partial charge in [-0.2, -0.15) is 0 Å². The minimum absolute atomic E-state index is 0.902. The first-order valence-corrected chi connectivity index (χ1v) is 4.61. The summed E-state index contributed by atoms with van der Waals surface area (Å²) in [4.78, 5) is 1.85. The number of aryl methyl sites for hydroxylation is 1. The van der Waals surface area contributed by atoms with Gasteiger partial charge in [0.05, 0.1) is 7.11 Å². The topological polar surface area (TPSA) is 9.23 Å². The number of benzene rings is 1. The molecule has 0 radical (unpaired) electrons. The van der Waals surface area contributed by atoms with Crippen molar-refractivity contribution in [2.75, 3.05) is 7.11 Å². The largest absolute Gasteiger partial charge is 0.497 e. The lowest BCUT2D eigenvalue weighted by Crippen LogP contribution is -1.85. The number of rotatable bonds is 2. The van der Waals surface area contributed by atoms with Crippen LogP contribution in [0.25, 0.3) is 6.08 Å². The Morgan fingerprint density at radius 3 is 2.67 bits per heavy atom. The molecule has 0 aliphatic carbocycles. The van der Waals surface area contributed by atoms with Crippen molar-refractivity contribution in [2.24, 2.45) is 0 Å². The van der Waals surface area contributed by atoms with Gasteiger partial charge < -0.3 is 4.74 Å². The van der Waals surface area contributed by atoms with Gasteiger partial charge in [0.25, 0.3) is 0 Å². The summed E-state index contributed by atoms with van der Waals surface area (Å²) in [7, 11) is 1.68. The van der Waals surface area contributed by atoms with Crippen LogP contribution in [0.3, 0.4) is 0 Å². The van der Waals surface area contributed by atoms with Crippen molar-refractivity contribution in [3.05, 3.63) is 34.3 Å². The number of hydrogen-bond donors (Lipinski definition) is 0. The smallest absolute Gasteiger partial charge is 0.119 e. The quantitative estimate of drug-likeness (QED) is 0.752. The molecule has 0 aliphatic rings. The van der Waals surface area contributed by atoms with Crippen LogP contribution in [0.5, 0.6) is 5.75 Å². The molecule has 0 bridgehead atoms. The summed E-state index contributed by atoms with van der Waals surface area (Å²) in [5, 5.41) is 0. The number of ether oxygens (including phenoxy) is 1. The molecule has 0 amide bonds. The molecule has 12 heavy (non-hydrogen) atoms. The van der Waals surface area contributed by atoms with E-state index < -0.39 is 0 Å². The van der Waals surface area contributed by atoms with E-state index in [0.717, 1.165) is 5.75 Å². The summed E-state index contributed by atoms with van der Waals surface area (Å²) in [5.74, 6) is 0.902. The van der Waals surface area contributed by atoms with E-state index in [0.29, 0.717) is 0 Å². The van der Waals surface area contributed by atoms with Crippen LogP contribution in [-0.4, -0.2) is 7.11 Å². The molecule has 0 aromatic heterocycles. The Labute approximate surface area is 81.2 Å². The zero-order chi connectivity index (χ0) is 8.97. The van der Waals surface area contributed by atoms with Gasteiger partial charge in [-0.05, 0) is 41.2 Å². The third-order valence-electron chi connectivity index (χ3n) is 1.72. The molecular formula is C10H11BrO. The molecule has 0 heterocycles. The van der Waals surface area contributed by atoms with E-state index in [-0.39, 0.29) is 0 Å². The summed E-state index contributed by atoms with van der Waals surface area (Å²) < 4.78 is 5.09. The highest BCUT2D eigenvalue weighted by atomic mass is 79.9. The van der Waals surface area contributed by atoms with E-state index in [1.807, 2.05) is 29.3 Å². The van der Waals surface area contributed by atoms with Crippen LogP contribution in [-0.2, 0) is 0 Å². The highest BCUT2D eigenvalue weighted by Crippen LogP contribution is 2.18. The van der Waals surface area contributed by atoms with E-state index in [2.05, 4.69) is 22.9 Å². The van der Waals surface area contributed by atoms with Crippen molar-refractivity contribution < 1.29 is 4.74 Å². The molecule has 64 valence electrons. The zero-order valence-electron chi connectivity index (χ0n) is 7.17. The molecule has 0 atom stereocenters. The molecule has 0 fully saturated rings. The fraction of sp³-hybridized carbons (Fsp3) is 0.200. The summed E-state index contributed by atoms with van der Waals surface area (Å²) >= 11 is 3.24. The fourth-order valence-corrected chi connectivity index (χ4v) is 1.31. The average Bonchev–Trinajstić information content (AvgIpc) is 2.09. The maximum absolute atomic E-state index is 5.09. The molecule has 0 unspecified atom stereocenters. The molecule has 0 saturated heterocycles. The third-order valence-corrected chi connectivity index (χ3v) is 1.98. The molecule has 2 heteroatoms. The van der Waals surface area contributed by atoms with Crippen LogP contribution in [0.2, 0.25) is 0 Å². The number of methoxy groups -OCH3 is 1. The van der Waals surface area contributed by atoms with Gasteiger partial charge in [0.1, 0.15) is 5.75 Å².